The molecule has 182 valence electrons. The van der Waals surface area contributed by atoms with E-state index in [0.29, 0.717) is 56.0 Å². The van der Waals surface area contributed by atoms with Crippen LogP contribution in [-0.2, 0) is 4.79 Å². The highest BCUT2D eigenvalue weighted by Gasteiger charge is 2.37. The Morgan fingerprint density at radius 1 is 1.06 bits per heavy atom. The fraction of sp³-hybridized carbons (Fsp3) is 0.440. The topological polar surface area (TPSA) is 79.3 Å². The molecule has 0 spiro atoms. The highest BCUT2D eigenvalue weighted by atomic mass is 19.2. The number of carboxylic acids is 1. The smallest absolute Gasteiger partial charge is 0.326 e. The van der Waals surface area contributed by atoms with Crippen molar-refractivity contribution in [3.05, 3.63) is 48.0 Å². The second-order valence-electron chi connectivity index (χ2n) is 8.73. The van der Waals surface area contributed by atoms with Gasteiger partial charge in [0, 0.05) is 37.2 Å². The number of carbonyl (C=O) groups is 2. The third kappa shape index (κ3) is 5.08. The third-order valence-corrected chi connectivity index (χ3v) is 6.47. The number of urea groups is 1. The number of likely N-dealkylation sites (tertiary alicyclic amines) is 2. The summed E-state index contributed by atoms with van der Waals surface area (Å²) in [7, 11) is 1.40. The van der Waals surface area contributed by atoms with E-state index in [1.165, 1.54) is 12.0 Å². The molecule has 34 heavy (non-hydrogen) atoms. The van der Waals surface area contributed by atoms with Gasteiger partial charge in [0.05, 0.1) is 13.7 Å². The molecule has 0 radical (unpaired) electrons. The standard InChI is InChI=1S/C25H28F2N2O5/c1-33-23-13-21(27)20(26)12-19(23)17-6-8-18(9-7-17)34-15-16-4-2-10-28(14-16)25(32)29-11-3-5-22(29)24(30)31/h6-9,12-13,16,22H,2-5,10-11,14-15H2,1H3,(H,30,31)/t16?,22-/m0/s1. The zero-order valence-corrected chi connectivity index (χ0v) is 19.0. The number of nitrogens with zero attached hydrogens (tertiary/aromatic N) is 2. The van der Waals surface area contributed by atoms with Crippen LogP contribution < -0.4 is 9.47 Å². The van der Waals surface area contributed by atoms with Gasteiger partial charge in [0.15, 0.2) is 11.6 Å². The van der Waals surface area contributed by atoms with Gasteiger partial charge in [-0.25, -0.2) is 18.4 Å². The van der Waals surface area contributed by atoms with Gasteiger partial charge in [-0.3, -0.25) is 0 Å². The highest BCUT2D eigenvalue weighted by molar-refractivity contribution is 5.83. The largest absolute Gasteiger partial charge is 0.496 e. The Morgan fingerprint density at radius 2 is 1.76 bits per heavy atom. The lowest BCUT2D eigenvalue weighted by Gasteiger charge is -2.36. The number of piperidine rings is 1. The van der Waals surface area contributed by atoms with Crippen LogP contribution in [0.4, 0.5) is 13.6 Å². The molecule has 1 unspecified atom stereocenters. The molecule has 2 atom stereocenters. The summed E-state index contributed by atoms with van der Waals surface area (Å²) in [6.45, 7) is 2.03. The van der Waals surface area contributed by atoms with Crippen molar-refractivity contribution in [3.8, 4) is 22.6 Å². The molecule has 4 rings (SSSR count). The number of methoxy groups -OCH3 is 1. The summed E-state index contributed by atoms with van der Waals surface area (Å²) in [4.78, 5) is 27.5. The number of rotatable bonds is 6. The van der Waals surface area contributed by atoms with E-state index in [0.717, 1.165) is 25.0 Å². The molecule has 2 aliphatic rings. The predicted molar refractivity (Wildman–Crippen MR) is 121 cm³/mol. The van der Waals surface area contributed by atoms with Crippen molar-refractivity contribution in [2.24, 2.45) is 5.92 Å². The summed E-state index contributed by atoms with van der Waals surface area (Å²) in [5.41, 5.74) is 1.10. The summed E-state index contributed by atoms with van der Waals surface area (Å²) in [6, 6.07) is 8.18. The van der Waals surface area contributed by atoms with Crippen LogP contribution in [0.1, 0.15) is 25.7 Å². The highest BCUT2D eigenvalue weighted by Crippen LogP contribution is 2.33. The molecule has 1 N–H and O–H groups in total. The van der Waals surface area contributed by atoms with Crippen molar-refractivity contribution in [2.45, 2.75) is 31.7 Å². The van der Waals surface area contributed by atoms with Crippen LogP contribution in [0.15, 0.2) is 36.4 Å². The van der Waals surface area contributed by atoms with Crippen LogP contribution >= 0.6 is 0 Å². The van der Waals surface area contributed by atoms with Crippen LogP contribution in [0.25, 0.3) is 11.1 Å². The number of aliphatic carboxylic acids is 1. The number of amides is 2. The van der Waals surface area contributed by atoms with Crippen LogP contribution in [0.3, 0.4) is 0 Å². The molecule has 9 heteroatoms. The Morgan fingerprint density at radius 3 is 2.47 bits per heavy atom. The van der Waals surface area contributed by atoms with Gasteiger partial charge in [-0.2, -0.15) is 0 Å². The average molecular weight is 475 g/mol. The van der Waals surface area contributed by atoms with Crippen LogP contribution in [0.2, 0.25) is 0 Å². The van der Waals surface area contributed by atoms with Crippen molar-refractivity contribution < 1.29 is 33.0 Å². The van der Waals surface area contributed by atoms with E-state index in [-0.39, 0.29) is 17.7 Å². The van der Waals surface area contributed by atoms with Crippen molar-refractivity contribution in [1.82, 2.24) is 9.80 Å². The van der Waals surface area contributed by atoms with Gasteiger partial charge in [0.2, 0.25) is 0 Å². The van der Waals surface area contributed by atoms with Crippen LogP contribution in [0, 0.1) is 17.6 Å². The molecule has 2 saturated heterocycles. The molecular weight excluding hydrogens is 446 g/mol. The molecule has 0 aliphatic carbocycles. The van der Waals surface area contributed by atoms with Gasteiger partial charge in [0.1, 0.15) is 17.5 Å². The van der Waals surface area contributed by atoms with Gasteiger partial charge in [-0.15, -0.1) is 0 Å². The number of carboxylic acid groups (broad SMARTS) is 1. The van der Waals surface area contributed by atoms with Gasteiger partial charge in [-0.1, -0.05) is 12.1 Å². The van der Waals surface area contributed by atoms with Gasteiger partial charge in [0.25, 0.3) is 0 Å². The van der Waals surface area contributed by atoms with E-state index in [1.807, 2.05) is 0 Å². The van der Waals surface area contributed by atoms with E-state index >= 15 is 0 Å². The SMILES string of the molecule is COc1cc(F)c(F)cc1-c1ccc(OCC2CCCN(C(=O)N3CCC[C@H]3C(=O)O)C2)cc1. The average Bonchev–Trinajstić information content (AvgIpc) is 3.35. The molecule has 7 nitrogen and oxygen atoms in total. The van der Waals surface area contributed by atoms with E-state index < -0.39 is 23.6 Å². The first-order chi connectivity index (χ1) is 16.4. The van der Waals surface area contributed by atoms with Crippen LogP contribution in [0.5, 0.6) is 11.5 Å². The van der Waals surface area contributed by atoms with Gasteiger partial charge < -0.3 is 24.4 Å². The molecule has 2 aromatic carbocycles. The Bertz CT molecular complexity index is 1050. The zero-order chi connectivity index (χ0) is 24.2. The Kier molecular flexibility index (Phi) is 7.19. The molecule has 2 aliphatic heterocycles. The maximum Gasteiger partial charge on any atom is 0.326 e. The zero-order valence-electron chi connectivity index (χ0n) is 19.0. The van der Waals surface area contributed by atoms with Crippen molar-refractivity contribution in [2.75, 3.05) is 33.4 Å². The Hall–Kier alpha value is -3.36. The predicted octanol–water partition coefficient (Wildman–Crippen LogP) is 4.40. The number of carbonyl (C=O) groups excluding carboxylic acids is 1. The Labute approximate surface area is 196 Å². The first-order valence-corrected chi connectivity index (χ1v) is 11.4. The van der Waals surface area contributed by atoms with Crippen molar-refractivity contribution in [1.29, 1.82) is 0 Å². The van der Waals surface area contributed by atoms with Gasteiger partial charge >= 0.3 is 12.0 Å². The lowest BCUT2D eigenvalue weighted by molar-refractivity contribution is -0.141. The summed E-state index contributed by atoms with van der Waals surface area (Å²) in [6.07, 6.45) is 2.94. The minimum atomic E-state index is -0.969. The lowest BCUT2D eigenvalue weighted by atomic mass is 9.99. The second-order valence-corrected chi connectivity index (χ2v) is 8.73. The number of hydrogen-bond acceptors (Lipinski definition) is 4. The van der Waals surface area contributed by atoms with Crippen molar-refractivity contribution in [3.63, 3.8) is 0 Å². The molecule has 2 fully saturated rings. The molecule has 2 aromatic rings. The summed E-state index contributed by atoms with van der Waals surface area (Å²) in [5, 5.41) is 9.37. The Balaban J connectivity index is 1.35. The maximum absolute atomic E-state index is 13.7. The molecule has 2 heterocycles. The first-order valence-electron chi connectivity index (χ1n) is 11.4. The summed E-state index contributed by atoms with van der Waals surface area (Å²) in [5.74, 6) is -1.87. The van der Waals surface area contributed by atoms with E-state index in [4.69, 9.17) is 9.47 Å². The van der Waals surface area contributed by atoms with E-state index in [2.05, 4.69) is 0 Å². The van der Waals surface area contributed by atoms with E-state index in [1.54, 1.807) is 29.2 Å². The molecule has 0 aromatic heterocycles. The first kappa shape index (κ1) is 23.8. The minimum Gasteiger partial charge on any atom is -0.496 e. The molecule has 0 bridgehead atoms. The molecular formula is C25H28F2N2O5. The van der Waals surface area contributed by atoms with Crippen molar-refractivity contribution >= 4 is 12.0 Å². The normalized spacial score (nSPS) is 20.3. The fourth-order valence-electron chi connectivity index (χ4n) is 4.68. The van der Waals surface area contributed by atoms with Gasteiger partial charge in [-0.05, 0) is 49.4 Å². The maximum atomic E-state index is 13.7. The minimum absolute atomic E-state index is 0.134. The monoisotopic (exact) mass is 474 g/mol. The quantitative estimate of drug-likeness (QED) is 0.672. The third-order valence-electron chi connectivity index (χ3n) is 6.47. The fourth-order valence-corrected chi connectivity index (χ4v) is 4.68. The number of ether oxygens (including phenoxy) is 2. The molecule has 2 amide bonds. The molecule has 0 saturated carbocycles. The summed E-state index contributed by atoms with van der Waals surface area (Å²) < 4.78 is 38.3. The number of hydrogen-bond donors (Lipinski definition) is 1. The summed E-state index contributed by atoms with van der Waals surface area (Å²) >= 11 is 0. The van der Waals surface area contributed by atoms with Crippen LogP contribution in [-0.4, -0.2) is 66.3 Å². The number of halogens is 2. The lowest BCUT2D eigenvalue weighted by Crippen LogP contribution is -2.51. The van der Waals surface area contributed by atoms with E-state index in [9.17, 15) is 23.5 Å². The number of benzene rings is 2. The second kappa shape index (κ2) is 10.3.